The van der Waals surface area contributed by atoms with Gasteiger partial charge in [-0.25, -0.2) is 4.79 Å². The van der Waals surface area contributed by atoms with Crippen molar-refractivity contribution in [3.8, 4) is 0 Å². The fourth-order valence-corrected chi connectivity index (χ4v) is 0.774. The summed E-state index contributed by atoms with van der Waals surface area (Å²) in [7, 11) is 0. The van der Waals surface area contributed by atoms with Gasteiger partial charge >= 0.3 is 12.0 Å². The number of anilines is 1. The van der Waals surface area contributed by atoms with Crippen molar-refractivity contribution >= 4 is 17.9 Å². The highest BCUT2D eigenvalue weighted by Gasteiger charge is 2.14. The largest absolute Gasteiger partial charge is 0.479 e. The molecule has 0 unspecified atom stereocenters. The molecule has 0 spiro atoms. The van der Waals surface area contributed by atoms with Gasteiger partial charge in [-0.05, 0) is 6.92 Å². The van der Waals surface area contributed by atoms with Crippen LogP contribution in [0.3, 0.4) is 0 Å². The zero-order valence-corrected chi connectivity index (χ0v) is 8.76. The van der Waals surface area contributed by atoms with Gasteiger partial charge in [-0.2, -0.15) is 0 Å². The van der Waals surface area contributed by atoms with E-state index in [1.165, 1.54) is 6.92 Å². The molecule has 0 aliphatic heterocycles. The van der Waals surface area contributed by atoms with E-state index in [9.17, 15) is 9.59 Å². The number of rotatable bonds is 5. The Labute approximate surface area is 90.6 Å². The van der Waals surface area contributed by atoms with E-state index in [0.29, 0.717) is 5.89 Å². The smallest absolute Gasteiger partial charge is 0.332 e. The third kappa shape index (κ3) is 3.65. The molecule has 16 heavy (non-hydrogen) atoms. The standard InChI is InChI=1S/C8H11N3O5/c1-4(7(13)14)15-3-6(12)9-8-11-10-5(2)16-8/h4H,3H2,1-2H3,(H,13,14)(H,9,11,12)/t4-/m0/s1. The number of nitrogens with one attached hydrogen (secondary N) is 1. The molecule has 1 amide bonds. The molecule has 1 aromatic heterocycles. The summed E-state index contributed by atoms with van der Waals surface area (Å²) >= 11 is 0. The number of hydrogen-bond donors (Lipinski definition) is 2. The molecule has 2 N–H and O–H groups in total. The zero-order valence-electron chi connectivity index (χ0n) is 8.76. The van der Waals surface area contributed by atoms with Gasteiger partial charge in [0.15, 0.2) is 6.10 Å². The minimum atomic E-state index is -1.14. The van der Waals surface area contributed by atoms with Crippen LogP contribution in [0.15, 0.2) is 4.42 Å². The van der Waals surface area contributed by atoms with Gasteiger partial charge in [-0.15, -0.1) is 5.10 Å². The second-order valence-electron chi connectivity index (χ2n) is 2.97. The van der Waals surface area contributed by atoms with Crippen molar-refractivity contribution in [3.63, 3.8) is 0 Å². The van der Waals surface area contributed by atoms with E-state index in [2.05, 4.69) is 15.5 Å². The molecule has 0 radical (unpaired) electrons. The number of hydrogen-bond acceptors (Lipinski definition) is 6. The Bertz CT molecular complexity index is 389. The molecule has 1 atom stereocenters. The van der Waals surface area contributed by atoms with Crippen molar-refractivity contribution in [2.75, 3.05) is 11.9 Å². The highest BCUT2D eigenvalue weighted by atomic mass is 16.5. The van der Waals surface area contributed by atoms with Crippen LogP contribution in [0.2, 0.25) is 0 Å². The molecule has 1 rings (SSSR count). The maximum absolute atomic E-state index is 11.2. The Morgan fingerprint density at radius 1 is 1.56 bits per heavy atom. The Balaban J connectivity index is 2.34. The third-order valence-corrected chi connectivity index (χ3v) is 1.58. The Morgan fingerprint density at radius 3 is 2.75 bits per heavy atom. The SMILES string of the molecule is Cc1nnc(NC(=O)CO[C@@H](C)C(=O)O)o1. The number of aromatic nitrogens is 2. The lowest BCUT2D eigenvalue weighted by Gasteiger charge is -2.06. The predicted octanol–water partition coefficient (Wildman–Crippen LogP) is -0.194. The summed E-state index contributed by atoms with van der Waals surface area (Å²) < 4.78 is 9.63. The second-order valence-corrected chi connectivity index (χ2v) is 2.97. The molecule has 1 aromatic rings. The lowest BCUT2D eigenvalue weighted by molar-refractivity contribution is -0.150. The zero-order chi connectivity index (χ0) is 12.1. The van der Waals surface area contributed by atoms with Crippen LogP contribution in [0, 0.1) is 6.92 Å². The van der Waals surface area contributed by atoms with Gasteiger partial charge in [0, 0.05) is 6.92 Å². The minimum Gasteiger partial charge on any atom is -0.479 e. The Morgan fingerprint density at radius 2 is 2.25 bits per heavy atom. The number of amides is 1. The number of aryl methyl sites for hydroxylation is 1. The van der Waals surface area contributed by atoms with Gasteiger partial charge in [-0.3, -0.25) is 10.1 Å². The first-order valence-electron chi connectivity index (χ1n) is 4.43. The fourth-order valence-electron chi connectivity index (χ4n) is 0.774. The van der Waals surface area contributed by atoms with Gasteiger partial charge in [-0.1, -0.05) is 5.10 Å². The minimum absolute atomic E-state index is 0.0471. The Hall–Kier alpha value is -1.96. The van der Waals surface area contributed by atoms with Crippen molar-refractivity contribution in [2.45, 2.75) is 20.0 Å². The first kappa shape index (κ1) is 12.1. The van der Waals surface area contributed by atoms with Crippen LogP contribution in [-0.2, 0) is 14.3 Å². The molecule has 88 valence electrons. The number of carboxylic acids is 1. The summed E-state index contributed by atoms with van der Waals surface area (Å²) in [5, 5.41) is 17.8. The first-order chi connectivity index (χ1) is 7.49. The maximum atomic E-state index is 11.2. The third-order valence-electron chi connectivity index (χ3n) is 1.58. The van der Waals surface area contributed by atoms with Crippen LogP contribution in [0.1, 0.15) is 12.8 Å². The van der Waals surface area contributed by atoms with Crippen LogP contribution < -0.4 is 5.32 Å². The van der Waals surface area contributed by atoms with Gasteiger partial charge in [0.25, 0.3) is 5.91 Å². The lowest BCUT2D eigenvalue weighted by Crippen LogP contribution is -2.26. The topological polar surface area (TPSA) is 115 Å². The molecule has 0 aliphatic carbocycles. The monoisotopic (exact) mass is 229 g/mol. The summed E-state index contributed by atoms with van der Waals surface area (Å²) in [5.74, 6) is -1.38. The van der Waals surface area contributed by atoms with E-state index in [1.807, 2.05) is 0 Å². The lowest BCUT2D eigenvalue weighted by atomic mass is 10.4. The fraction of sp³-hybridized carbons (Fsp3) is 0.500. The van der Waals surface area contributed by atoms with Gasteiger partial charge in [0.2, 0.25) is 5.89 Å². The van der Waals surface area contributed by atoms with E-state index in [0.717, 1.165) is 0 Å². The van der Waals surface area contributed by atoms with E-state index in [4.69, 9.17) is 14.3 Å². The normalized spacial score (nSPS) is 12.1. The number of carbonyl (C=O) groups excluding carboxylic acids is 1. The van der Waals surface area contributed by atoms with Crippen LogP contribution in [-0.4, -0.2) is 39.9 Å². The van der Waals surface area contributed by atoms with E-state index >= 15 is 0 Å². The van der Waals surface area contributed by atoms with Crippen LogP contribution in [0.25, 0.3) is 0 Å². The van der Waals surface area contributed by atoms with Gasteiger partial charge in [0.05, 0.1) is 0 Å². The average molecular weight is 229 g/mol. The molecule has 0 saturated heterocycles. The van der Waals surface area contributed by atoms with Crippen molar-refractivity contribution in [3.05, 3.63) is 5.89 Å². The molecular formula is C8H11N3O5. The second kappa shape index (κ2) is 5.21. The molecule has 8 heteroatoms. The number of nitrogens with zero attached hydrogens (tertiary/aromatic N) is 2. The number of carbonyl (C=O) groups is 2. The molecule has 0 saturated carbocycles. The van der Waals surface area contributed by atoms with Crippen molar-refractivity contribution < 1.29 is 23.8 Å². The van der Waals surface area contributed by atoms with Crippen molar-refractivity contribution in [1.82, 2.24) is 10.2 Å². The molecule has 0 aromatic carbocycles. The van der Waals surface area contributed by atoms with Gasteiger partial charge in [0.1, 0.15) is 6.61 Å². The molecule has 0 aliphatic rings. The summed E-state index contributed by atoms with van der Waals surface area (Å²) in [5.41, 5.74) is 0. The molecule has 1 heterocycles. The van der Waals surface area contributed by atoms with E-state index in [-0.39, 0.29) is 6.01 Å². The predicted molar refractivity (Wildman–Crippen MR) is 50.7 cm³/mol. The molecular weight excluding hydrogens is 218 g/mol. The van der Waals surface area contributed by atoms with Crippen molar-refractivity contribution in [2.24, 2.45) is 0 Å². The molecule has 0 fully saturated rings. The number of carboxylic acid groups (broad SMARTS) is 1. The summed E-state index contributed by atoms with van der Waals surface area (Å²) in [4.78, 5) is 21.6. The quantitative estimate of drug-likeness (QED) is 0.718. The number of ether oxygens (including phenoxy) is 1. The van der Waals surface area contributed by atoms with Crippen LogP contribution in [0.4, 0.5) is 6.01 Å². The van der Waals surface area contributed by atoms with E-state index in [1.54, 1.807) is 6.92 Å². The highest BCUT2D eigenvalue weighted by Crippen LogP contribution is 2.03. The van der Waals surface area contributed by atoms with E-state index < -0.39 is 24.6 Å². The maximum Gasteiger partial charge on any atom is 0.332 e. The summed E-state index contributed by atoms with van der Waals surface area (Å²) in [6.45, 7) is 2.51. The highest BCUT2D eigenvalue weighted by molar-refractivity contribution is 5.89. The van der Waals surface area contributed by atoms with Gasteiger partial charge < -0.3 is 14.3 Å². The number of aliphatic carboxylic acids is 1. The summed E-state index contributed by atoms with van der Waals surface area (Å²) in [6, 6.07) is -0.0471. The summed E-state index contributed by atoms with van der Waals surface area (Å²) in [6.07, 6.45) is -1.05. The first-order valence-corrected chi connectivity index (χ1v) is 4.43. The molecule has 8 nitrogen and oxygen atoms in total. The molecule has 0 bridgehead atoms. The van der Waals surface area contributed by atoms with Crippen LogP contribution >= 0.6 is 0 Å². The Kier molecular flexibility index (Phi) is 3.95. The van der Waals surface area contributed by atoms with Crippen molar-refractivity contribution in [1.29, 1.82) is 0 Å². The van der Waals surface area contributed by atoms with Crippen LogP contribution in [0.5, 0.6) is 0 Å². The average Bonchev–Trinajstić information content (AvgIpc) is 2.60.